The maximum atomic E-state index is 13.7. The Hall–Kier alpha value is -2.53. The van der Waals surface area contributed by atoms with Crippen LogP contribution in [0.15, 0.2) is 61.2 Å². The number of carbonyl (C=O) groups excluding carboxylic acids is 1. The van der Waals surface area contributed by atoms with Crippen LogP contribution in [0.25, 0.3) is 0 Å². The molecule has 3 rings (SSSR count). The van der Waals surface area contributed by atoms with Crippen LogP contribution in [0.3, 0.4) is 0 Å². The van der Waals surface area contributed by atoms with Crippen LogP contribution in [-0.2, 0) is 10.3 Å². The number of hydrogen-bond acceptors (Lipinski definition) is 3. The predicted molar refractivity (Wildman–Crippen MR) is 98.5 cm³/mol. The molecule has 0 N–H and O–H groups in total. The summed E-state index contributed by atoms with van der Waals surface area (Å²) in [5.41, 5.74) is -0.696. The summed E-state index contributed by atoms with van der Waals surface area (Å²) in [6.07, 6.45) is 2.88. The Kier molecular flexibility index (Phi) is 4.67. The minimum absolute atomic E-state index is 0.0931. The molecule has 0 spiro atoms. The molecule has 0 bridgehead atoms. The van der Waals surface area contributed by atoms with E-state index < -0.39 is 11.0 Å². The summed E-state index contributed by atoms with van der Waals surface area (Å²) in [5, 5.41) is 4.84. The molecular weight excluding hydrogens is 353 g/mol. The van der Waals surface area contributed by atoms with Gasteiger partial charge in [0.05, 0.1) is 0 Å². The van der Waals surface area contributed by atoms with Gasteiger partial charge < -0.3 is 0 Å². The molecule has 6 heteroatoms. The first-order valence-corrected chi connectivity index (χ1v) is 8.56. The van der Waals surface area contributed by atoms with Gasteiger partial charge in [0.25, 0.3) is 0 Å². The first kappa shape index (κ1) is 18.3. The number of hydrogen-bond donors (Lipinski definition) is 0. The first-order valence-electron chi connectivity index (χ1n) is 8.18. The van der Waals surface area contributed by atoms with E-state index in [9.17, 15) is 9.18 Å². The largest absolute Gasteiger partial charge is 0.296 e. The molecule has 1 aromatic heterocycles. The van der Waals surface area contributed by atoms with Crippen molar-refractivity contribution in [2.45, 2.75) is 26.3 Å². The summed E-state index contributed by atoms with van der Waals surface area (Å²) in [6.45, 7) is 5.54. The summed E-state index contributed by atoms with van der Waals surface area (Å²) in [6, 6.07) is 12.9. The molecule has 0 saturated carbocycles. The summed E-state index contributed by atoms with van der Waals surface area (Å²) in [7, 11) is 0. The highest BCUT2D eigenvalue weighted by Gasteiger charge is 2.49. The fourth-order valence-electron chi connectivity index (χ4n) is 3.10. The van der Waals surface area contributed by atoms with Gasteiger partial charge in [-0.25, -0.2) is 14.1 Å². The topological polar surface area (TPSA) is 47.8 Å². The van der Waals surface area contributed by atoms with Crippen molar-refractivity contribution in [3.8, 4) is 0 Å². The van der Waals surface area contributed by atoms with Gasteiger partial charge in [0, 0.05) is 10.4 Å². The zero-order valence-corrected chi connectivity index (χ0v) is 15.5. The smallest absolute Gasteiger partial charge is 0.174 e. The molecular formula is C20H19ClFN3O. The minimum Gasteiger partial charge on any atom is -0.296 e. The number of ketones is 1. The molecule has 4 nitrogen and oxygen atoms in total. The lowest BCUT2D eigenvalue weighted by molar-refractivity contribution is -0.132. The SMILES string of the molecule is CC(C)(C)C(=O)C(c1ccc(F)cc1)(c1ccc(Cl)cc1)n1cncn1. The van der Waals surface area contributed by atoms with Crippen molar-refractivity contribution >= 4 is 17.4 Å². The van der Waals surface area contributed by atoms with Gasteiger partial charge in [-0.2, -0.15) is 5.10 Å². The lowest BCUT2D eigenvalue weighted by atomic mass is 9.70. The highest BCUT2D eigenvalue weighted by molar-refractivity contribution is 6.30. The Morgan fingerprint density at radius 1 is 1.00 bits per heavy atom. The third-order valence-electron chi connectivity index (χ3n) is 4.30. The van der Waals surface area contributed by atoms with Gasteiger partial charge >= 0.3 is 0 Å². The zero-order chi connectivity index (χ0) is 18.9. The monoisotopic (exact) mass is 371 g/mol. The number of nitrogens with zero attached hydrogens (tertiary/aromatic N) is 3. The van der Waals surface area contributed by atoms with Crippen LogP contribution in [0.5, 0.6) is 0 Å². The van der Waals surface area contributed by atoms with Gasteiger partial charge in [-0.15, -0.1) is 0 Å². The lowest BCUT2D eigenvalue weighted by Gasteiger charge is -2.38. The second-order valence-corrected chi connectivity index (χ2v) is 7.58. The van der Waals surface area contributed by atoms with E-state index >= 15 is 0 Å². The Balaban J connectivity index is 2.40. The summed E-state index contributed by atoms with van der Waals surface area (Å²) in [5.74, 6) is -0.468. The number of halogens is 2. The number of carbonyl (C=O) groups is 1. The number of rotatable bonds is 4. The maximum absolute atomic E-state index is 13.7. The Morgan fingerprint density at radius 3 is 2.00 bits per heavy atom. The van der Waals surface area contributed by atoms with Gasteiger partial charge in [-0.05, 0) is 35.4 Å². The summed E-state index contributed by atoms with van der Waals surface area (Å²) >= 11 is 6.05. The van der Waals surface area contributed by atoms with E-state index in [2.05, 4.69) is 10.1 Å². The first-order chi connectivity index (χ1) is 12.3. The maximum Gasteiger partial charge on any atom is 0.174 e. The molecule has 2 aromatic carbocycles. The van der Waals surface area contributed by atoms with Crippen LogP contribution in [0.1, 0.15) is 31.9 Å². The molecule has 0 saturated heterocycles. The van der Waals surface area contributed by atoms with Crippen molar-refractivity contribution in [3.05, 3.63) is 83.2 Å². The van der Waals surface area contributed by atoms with Crippen LogP contribution in [0.4, 0.5) is 4.39 Å². The van der Waals surface area contributed by atoms with Gasteiger partial charge in [0.15, 0.2) is 11.3 Å². The molecule has 0 amide bonds. The molecule has 0 aliphatic heterocycles. The van der Waals surface area contributed by atoms with E-state index in [-0.39, 0.29) is 11.6 Å². The van der Waals surface area contributed by atoms with E-state index in [0.29, 0.717) is 16.1 Å². The number of Topliss-reactive ketones (excluding diaryl/α,β-unsaturated/α-hetero) is 1. The van der Waals surface area contributed by atoms with Crippen molar-refractivity contribution in [2.24, 2.45) is 5.41 Å². The zero-order valence-electron chi connectivity index (χ0n) is 14.8. The average Bonchev–Trinajstić information content (AvgIpc) is 3.12. The second-order valence-electron chi connectivity index (χ2n) is 7.14. The highest BCUT2D eigenvalue weighted by Crippen LogP contribution is 2.40. The summed E-state index contributed by atoms with van der Waals surface area (Å²) < 4.78 is 15.1. The molecule has 0 aliphatic rings. The van der Waals surface area contributed by atoms with E-state index in [4.69, 9.17) is 11.6 Å². The van der Waals surface area contributed by atoms with Gasteiger partial charge in [0.2, 0.25) is 0 Å². The van der Waals surface area contributed by atoms with E-state index in [1.807, 2.05) is 20.8 Å². The Labute approximate surface area is 156 Å². The quantitative estimate of drug-likeness (QED) is 0.679. The van der Waals surface area contributed by atoms with Crippen molar-refractivity contribution in [3.63, 3.8) is 0 Å². The number of aromatic nitrogens is 3. The number of benzene rings is 2. The fourth-order valence-corrected chi connectivity index (χ4v) is 3.23. The highest BCUT2D eigenvalue weighted by atomic mass is 35.5. The van der Waals surface area contributed by atoms with Crippen molar-refractivity contribution in [2.75, 3.05) is 0 Å². The van der Waals surface area contributed by atoms with Crippen LogP contribution in [0, 0.1) is 11.2 Å². The molecule has 0 aliphatic carbocycles. The van der Waals surface area contributed by atoms with Gasteiger partial charge in [-0.3, -0.25) is 4.79 Å². The molecule has 1 heterocycles. The molecule has 1 unspecified atom stereocenters. The standard InChI is InChI=1S/C20H19ClFN3O/c1-19(2,3)18(26)20(25-13-23-12-24-25,14-4-8-16(21)9-5-14)15-6-10-17(22)11-7-15/h4-13H,1-3H3. The Morgan fingerprint density at radius 2 is 1.54 bits per heavy atom. The van der Waals surface area contributed by atoms with E-state index in [0.717, 1.165) is 0 Å². The van der Waals surface area contributed by atoms with Crippen molar-refractivity contribution in [1.29, 1.82) is 0 Å². The third kappa shape index (κ3) is 3.03. The third-order valence-corrected chi connectivity index (χ3v) is 4.55. The molecule has 134 valence electrons. The van der Waals surface area contributed by atoms with Gasteiger partial charge in [-0.1, -0.05) is 56.6 Å². The van der Waals surface area contributed by atoms with Crippen LogP contribution < -0.4 is 0 Å². The normalized spacial score (nSPS) is 14.0. The van der Waals surface area contributed by atoms with Crippen LogP contribution in [-0.4, -0.2) is 20.5 Å². The minimum atomic E-state index is -1.28. The molecule has 0 radical (unpaired) electrons. The molecule has 1 atom stereocenters. The van der Waals surface area contributed by atoms with Crippen molar-refractivity contribution < 1.29 is 9.18 Å². The van der Waals surface area contributed by atoms with E-state index in [1.165, 1.54) is 29.5 Å². The predicted octanol–water partition coefficient (Wildman–Crippen LogP) is 4.48. The Bertz CT molecular complexity index is 852. The van der Waals surface area contributed by atoms with E-state index in [1.54, 1.807) is 36.4 Å². The molecule has 0 fully saturated rings. The van der Waals surface area contributed by atoms with Gasteiger partial charge in [0.1, 0.15) is 18.5 Å². The van der Waals surface area contributed by atoms with Crippen molar-refractivity contribution in [1.82, 2.24) is 14.8 Å². The molecule has 26 heavy (non-hydrogen) atoms. The van der Waals surface area contributed by atoms with Crippen LogP contribution >= 0.6 is 11.6 Å². The fraction of sp³-hybridized carbons (Fsp3) is 0.250. The van der Waals surface area contributed by atoms with Crippen LogP contribution in [0.2, 0.25) is 5.02 Å². The average molecular weight is 372 g/mol. The second kappa shape index (κ2) is 6.65. The molecule has 3 aromatic rings. The lowest BCUT2D eigenvalue weighted by Crippen LogP contribution is -2.49. The summed E-state index contributed by atoms with van der Waals surface area (Å²) in [4.78, 5) is 17.8.